The molecule has 6 nitrogen and oxygen atoms in total. The number of nitrogen functional groups attached to an aromatic ring is 1. The number of hydrogen-bond donors (Lipinski definition) is 3. The fourth-order valence-corrected chi connectivity index (χ4v) is 1.74. The fraction of sp³-hybridized carbons (Fsp3) is 0.538. The molecule has 20 heavy (non-hydrogen) atoms. The van der Waals surface area contributed by atoms with Gasteiger partial charge in [-0.15, -0.1) is 0 Å². The maximum Gasteiger partial charge on any atom is 0.271 e. The molecule has 0 bridgehead atoms. The number of rotatable bonds is 7. The molecule has 0 saturated heterocycles. The summed E-state index contributed by atoms with van der Waals surface area (Å²) in [5.41, 5.74) is 2.47. The van der Waals surface area contributed by atoms with E-state index in [4.69, 9.17) is 22.2 Å². The molecule has 1 aromatic heterocycles. The molecule has 1 rings (SSSR count). The van der Waals surface area contributed by atoms with Crippen LogP contribution >= 0.6 is 11.6 Å². The number of halogens is 1. The van der Waals surface area contributed by atoms with Crippen molar-refractivity contribution in [2.24, 2.45) is 11.3 Å². The highest BCUT2D eigenvalue weighted by Crippen LogP contribution is 2.20. The Labute approximate surface area is 124 Å². The van der Waals surface area contributed by atoms with Crippen molar-refractivity contribution in [2.45, 2.75) is 20.3 Å². The number of hydrogen-bond acceptors (Lipinski definition) is 5. The van der Waals surface area contributed by atoms with Gasteiger partial charge in [0.15, 0.2) is 0 Å². The number of nitrogens with two attached hydrogens (primary N) is 1. The summed E-state index contributed by atoms with van der Waals surface area (Å²) >= 11 is 5.97. The Morgan fingerprint density at radius 1 is 1.50 bits per heavy atom. The number of anilines is 1. The van der Waals surface area contributed by atoms with Gasteiger partial charge in [0.25, 0.3) is 5.91 Å². The van der Waals surface area contributed by atoms with Crippen LogP contribution in [0.4, 0.5) is 5.82 Å². The molecule has 0 fully saturated rings. The summed E-state index contributed by atoms with van der Waals surface area (Å²) in [4.78, 5) is 16.1. The molecule has 0 aliphatic rings. The van der Waals surface area contributed by atoms with Crippen LogP contribution in [0.5, 0.6) is 0 Å². The molecule has 0 atom stereocenters. The molecule has 0 unspecified atom stereocenters. The molecular weight excluding hydrogens is 280 g/mol. The highest BCUT2D eigenvalue weighted by molar-refractivity contribution is 6.33. The highest BCUT2D eigenvalue weighted by atomic mass is 35.5. The van der Waals surface area contributed by atoms with Gasteiger partial charge < -0.3 is 15.5 Å². The van der Waals surface area contributed by atoms with Gasteiger partial charge in [0.2, 0.25) is 0 Å². The first kappa shape index (κ1) is 16.7. The van der Waals surface area contributed by atoms with Gasteiger partial charge >= 0.3 is 0 Å². The molecule has 7 heteroatoms. The predicted molar refractivity (Wildman–Crippen MR) is 79.7 cm³/mol. The number of carbonyl (C=O) groups excluding carboxylic acids is 1. The topological polar surface area (TPSA) is 89.3 Å². The van der Waals surface area contributed by atoms with Crippen molar-refractivity contribution in [1.82, 2.24) is 10.3 Å². The van der Waals surface area contributed by atoms with E-state index in [2.05, 4.69) is 29.6 Å². The van der Waals surface area contributed by atoms with Gasteiger partial charge in [0.1, 0.15) is 11.5 Å². The average Bonchev–Trinajstić information content (AvgIpc) is 2.43. The second kappa shape index (κ2) is 7.42. The summed E-state index contributed by atoms with van der Waals surface area (Å²) in [7, 11) is 1.66. The molecule has 4 N–H and O–H groups in total. The van der Waals surface area contributed by atoms with Crippen molar-refractivity contribution >= 4 is 23.3 Å². The van der Waals surface area contributed by atoms with Crippen molar-refractivity contribution in [2.75, 3.05) is 25.7 Å². The summed E-state index contributed by atoms with van der Waals surface area (Å²) in [6, 6.07) is 3.18. The lowest BCUT2D eigenvalue weighted by Gasteiger charge is -2.24. The molecule has 0 aliphatic carbocycles. The first-order valence-corrected chi connectivity index (χ1v) is 6.68. The fourth-order valence-electron chi connectivity index (χ4n) is 1.55. The summed E-state index contributed by atoms with van der Waals surface area (Å²) < 4.78 is 5.05. The Kier molecular flexibility index (Phi) is 6.19. The third-order valence-electron chi connectivity index (χ3n) is 2.92. The Balaban J connectivity index is 2.67. The smallest absolute Gasteiger partial charge is 0.271 e. The number of nitrogens with one attached hydrogen (secondary N) is 2. The molecule has 1 heterocycles. The summed E-state index contributed by atoms with van der Waals surface area (Å²) in [6.45, 7) is 5.26. The third kappa shape index (κ3) is 4.96. The SMILES string of the molecule is COCCC(C)(C)CNC(=O)c1nc(NN)ccc1Cl. The zero-order valence-electron chi connectivity index (χ0n) is 12.0. The van der Waals surface area contributed by atoms with Crippen LogP contribution < -0.4 is 16.6 Å². The van der Waals surface area contributed by atoms with Crippen LogP contribution in [0.25, 0.3) is 0 Å². The number of hydrazine groups is 1. The van der Waals surface area contributed by atoms with Crippen molar-refractivity contribution in [3.8, 4) is 0 Å². The maximum absolute atomic E-state index is 12.1. The van der Waals surface area contributed by atoms with Crippen molar-refractivity contribution < 1.29 is 9.53 Å². The molecular formula is C13H21ClN4O2. The number of methoxy groups -OCH3 is 1. The van der Waals surface area contributed by atoms with E-state index in [9.17, 15) is 4.79 Å². The van der Waals surface area contributed by atoms with Crippen molar-refractivity contribution in [3.05, 3.63) is 22.8 Å². The lowest BCUT2D eigenvalue weighted by atomic mass is 9.89. The quantitative estimate of drug-likeness (QED) is 0.528. The van der Waals surface area contributed by atoms with Gasteiger partial charge in [-0.05, 0) is 24.0 Å². The molecule has 0 aromatic carbocycles. The van der Waals surface area contributed by atoms with Crippen molar-refractivity contribution in [1.29, 1.82) is 0 Å². The zero-order valence-corrected chi connectivity index (χ0v) is 12.8. The van der Waals surface area contributed by atoms with E-state index in [-0.39, 0.29) is 22.0 Å². The number of nitrogens with zero attached hydrogens (tertiary/aromatic N) is 1. The summed E-state index contributed by atoms with van der Waals surface area (Å²) in [6.07, 6.45) is 0.843. The molecule has 1 amide bonds. The van der Waals surface area contributed by atoms with Crippen molar-refractivity contribution in [3.63, 3.8) is 0 Å². The normalized spacial score (nSPS) is 11.2. The third-order valence-corrected chi connectivity index (χ3v) is 3.22. The molecule has 0 radical (unpaired) electrons. The number of carbonyl (C=O) groups is 1. The lowest BCUT2D eigenvalue weighted by Crippen LogP contribution is -2.35. The van der Waals surface area contributed by atoms with Crippen LogP contribution in [0, 0.1) is 5.41 Å². The van der Waals surface area contributed by atoms with Gasteiger partial charge in [-0.25, -0.2) is 10.8 Å². The van der Waals surface area contributed by atoms with Gasteiger partial charge in [-0.3, -0.25) is 4.79 Å². The van der Waals surface area contributed by atoms with Crippen LogP contribution in [-0.2, 0) is 4.74 Å². The van der Waals surface area contributed by atoms with Crippen LogP contribution in [0.15, 0.2) is 12.1 Å². The molecule has 0 spiro atoms. The van der Waals surface area contributed by atoms with Crippen LogP contribution in [0.3, 0.4) is 0 Å². The monoisotopic (exact) mass is 300 g/mol. The Bertz CT molecular complexity index is 466. The van der Waals surface area contributed by atoms with E-state index < -0.39 is 0 Å². The second-order valence-corrected chi connectivity index (χ2v) is 5.67. The van der Waals surface area contributed by atoms with Gasteiger partial charge in [0.05, 0.1) is 5.02 Å². The Morgan fingerprint density at radius 3 is 2.80 bits per heavy atom. The molecule has 0 aliphatic heterocycles. The van der Waals surface area contributed by atoms with E-state index in [1.807, 2.05) is 0 Å². The largest absolute Gasteiger partial charge is 0.385 e. The standard InChI is InChI=1S/C13H21ClN4O2/c1-13(2,6-7-20-3)8-16-12(19)11-9(14)4-5-10(17-11)18-15/h4-5H,6-8,15H2,1-3H3,(H,16,19)(H,17,18). The maximum atomic E-state index is 12.1. The predicted octanol–water partition coefficient (Wildman–Crippen LogP) is 1.81. The second-order valence-electron chi connectivity index (χ2n) is 5.26. The van der Waals surface area contributed by atoms with E-state index in [0.717, 1.165) is 6.42 Å². The van der Waals surface area contributed by atoms with Crippen LogP contribution in [0.1, 0.15) is 30.8 Å². The average molecular weight is 301 g/mol. The molecule has 0 saturated carbocycles. The number of amides is 1. The highest BCUT2D eigenvalue weighted by Gasteiger charge is 2.20. The minimum atomic E-state index is -0.322. The molecule has 1 aromatic rings. The summed E-state index contributed by atoms with van der Waals surface area (Å²) in [5.74, 6) is 5.33. The number of pyridine rings is 1. The van der Waals surface area contributed by atoms with Gasteiger partial charge in [-0.2, -0.15) is 0 Å². The van der Waals surface area contributed by atoms with Gasteiger partial charge in [-0.1, -0.05) is 25.4 Å². The first-order chi connectivity index (χ1) is 9.39. The van der Waals surface area contributed by atoms with E-state index >= 15 is 0 Å². The minimum absolute atomic E-state index is 0.0676. The first-order valence-electron chi connectivity index (χ1n) is 6.30. The van der Waals surface area contributed by atoms with E-state index in [1.165, 1.54) is 0 Å². The number of ether oxygens (including phenoxy) is 1. The molecule has 112 valence electrons. The van der Waals surface area contributed by atoms with Gasteiger partial charge in [0, 0.05) is 20.3 Å². The van der Waals surface area contributed by atoms with E-state index in [1.54, 1.807) is 19.2 Å². The Morgan fingerprint density at radius 2 is 2.20 bits per heavy atom. The van der Waals surface area contributed by atoms with E-state index in [0.29, 0.717) is 19.0 Å². The van der Waals surface area contributed by atoms with Crippen LogP contribution in [-0.4, -0.2) is 31.2 Å². The Hall–Kier alpha value is -1.37. The van der Waals surface area contributed by atoms with Crippen LogP contribution in [0.2, 0.25) is 5.02 Å². The lowest BCUT2D eigenvalue weighted by molar-refractivity contribution is 0.0916. The summed E-state index contributed by atoms with van der Waals surface area (Å²) in [5, 5.41) is 3.12. The minimum Gasteiger partial charge on any atom is -0.385 e. The number of aromatic nitrogens is 1. The zero-order chi connectivity index (χ0) is 15.2.